The van der Waals surface area contributed by atoms with E-state index in [-0.39, 0.29) is 0 Å². The summed E-state index contributed by atoms with van der Waals surface area (Å²) < 4.78 is 1.22. The number of halogens is 1. The van der Waals surface area contributed by atoms with Gasteiger partial charge in [-0.1, -0.05) is 33.1 Å². The Morgan fingerprint density at radius 1 is 1.44 bits per heavy atom. The lowest BCUT2D eigenvalue weighted by molar-refractivity contribution is 0.370. The van der Waals surface area contributed by atoms with Gasteiger partial charge in [0.05, 0.1) is 0 Å². The molecule has 1 heterocycles. The van der Waals surface area contributed by atoms with Gasteiger partial charge in [-0.15, -0.1) is 11.3 Å². The van der Waals surface area contributed by atoms with Crippen molar-refractivity contribution in [2.24, 2.45) is 11.7 Å². The lowest BCUT2D eigenvalue weighted by atomic mass is 9.90. The summed E-state index contributed by atoms with van der Waals surface area (Å²) in [6, 6.07) is 2.42. The molecule has 0 amide bonds. The summed E-state index contributed by atoms with van der Waals surface area (Å²) in [5, 5.41) is 2.12. The van der Waals surface area contributed by atoms with Gasteiger partial charge in [0, 0.05) is 15.4 Å². The molecule has 1 rings (SSSR count). The SMILES string of the molecule is CCCCC(CC)C(N)Cc1sccc1Br. The smallest absolute Gasteiger partial charge is 0.0314 e. The summed E-state index contributed by atoms with van der Waals surface area (Å²) in [7, 11) is 0. The molecule has 0 saturated carbocycles. The molecule has 0 aliphatic heterocycles. The number of nitrogens with two attached hydrogens (primary N) is 1. The molecular weight excluding hydrogens is 282 g/mol. The third kappa shape index (κ3) is 4.19. The topological polar surface area (TPSA) is 26.0 Å². The number of hydrogen-bond donors (Lipinski definition) is 1. The predicted molar refractivity (Wildman–Crippen MR) is 77.0 cm³/mol. The molecular formula is C13H22BrNS. The number of thiophene rings is 1. The molecule has 0 radical (unpaired) electrons. The molecule has 0 fully saturated rings. The molecule has 1 aromatic heterocycles. The molecule has 0 aliphatic carbocycles. The molecule has 0 bridgehead atoms. The van der Waals surface area contributed by atoms with Crippen molar-refractivity contribution < 1.29 is 0 Å². The summed E-state index contributed by atoms with van der Waals surface area (Å²) in [6.45, 7) is 4.50. The highest BCUT2D eigenvalue weighted by Gasteiger charge is 2.17. The molecule has 1 nitrogen and oxygen atoms in total. The quantitative estimate of drug-likeness (QED) is 0.783. The van der Waals surface area contributed by atoms with Gasteiger partial charge in [0.1, 0.15) is 0 Å². The molecule has 1 aromatic rings. The number of unbranched alkanes of at least 4 members (excludes halogenated alkanes) is 1. The van der Waals surface area contributed by atoms with E-state index < -0.39 is 0 Å². The average molecular weight is 304 g/mol. The minimum absolute atomic E-state index is 0.312. The van der Waals surface area contributed by atoms with E-state index in [9.17, 15) is 0 Å². The van der Waals surface area contributed by atoms with Crippen molar-refractivity contribution in [3.63, 3.8) is 0 Å². The van der Waals surface area contributed by atoms with E-state index in [1.54, 1.807) is 11.3 Å². The summed E-state index contributed by atoms with van der Waals surface area (Å²) in [5.74, 6) is 0.675. The second-order valence-corrected chi connectivity index (χ2v) is 6.23. The van der Waals surface area contributed by atoms with Crippen LogP contribution < -0.4 is 5.73 Å². The Bertz CT molecular complexity index is 298. The van der Waals surface area contributed by atoms with Crippen LogP contribution in [0.15, 0.2) is 15.9 Å². The maximum absolute atomic E-state index is 6.32. The van der Waals surface area contributed by atoms with E-state index in [1.807, 2.05) is 0 Å². The van der Waals surface area contributed by atoms with Crippen LogP contribution in [-0.4, -0.2) is 6.04 Å². The minimum atomic E-state index is 0.312. The van der Waals surface area contributed by atoms with E-state index in [4.69, 9.17) is 5.73 Å². The Kier molecular flexibility index (Phi) is 6.62. The monoisotopic (exact) mass is 303 g/mol. The second kappa shape index (κ2) is 7.46. The number of rotatable bonds is 7. The molecule has 92 valence electrons. The van der Waals surface area contributed by atoms with Gasteiger partial charge in [0.2, 0.25) is 0 Å². The van der Waals surface area contributed by atoms with Crippen LogP contribution in [0.2, 0.25) is 0 Å². The first-order valence-corrected chi connectivity index (χ1v) is 7.83. The maximum Gasteiger partial charge on any atom is 0.0314 e. The van der Waals surface area contributed by atoms with Crippen molar-refractivity contribution in [1.29, 1.82) is 0 Å². The van der Waals surface area contributed by atoms with Crippen molar-refractivity contribution in [2.45, 2.75) is 52.0 Å². The molecule has 2 unspecified atom stereocenters. The third-order valence-corrected chi connectivity index (χ3v) is 5.12. The fourth-order valence-electron chi connectivity index (χ4n) is 2.04. The standard InChI is InChI=1S/C13H22BrNS/c1-3-5-6-10(4-2)12(15)9-13-11(14)7-8-16-13/h7-8,10,12H,3-6,9,15H2,1-2H3. The van der Waals surface area contributed by atoms with Crippen molar-refractivity contribution in [3.8, 4) is 0 Å². The van der Waals surface area contributed by atoms with E-state index in [2.05, 4.69) is 41.2 Å². The van der Waals surface area contributed by atoms with Crippen LogP contribution in [0.1, 0.15) is 44.4 Å². The maximum atomic E-state index is 6.32. The highest BCUT2D eigenvalue weighted by atomic mass is 79.9. The summed E-state index contributed by atoms with van der Waals surface area (Å²) in [4.78, 5) is 1.39. The summed E-state index contributed by atoms with van der Waals surface area (Å²) in [5.41, 5.74) is 6.32. The third-order valence-electron chi connectivity index (χ3n) is 3.17. The first kappa shape index (κ1) is 14.2. The number of hydrogen-bond acceptors (Lipinski definition) is 2. The zero-order chi connectivity index (χ0) is 12.0. The Hall–Kier alpha value is 0.140. The zero-order valence-corrected chi connectivity index (χ0v) is 12.6. The van der Waals surface area contributed by atoms with Crippen LogP contribution in [0.3, 0.4) is 0 Å². The van der Waals surface area contributed by atoms with Crippen LogP contribution in [-0.2, 0) is 6.42 Å². The molecule has 2 N–H and O–H groups in total. The fraction of sp³-hybridized carbons (Fsp3) is 0.692. The zero-order valence-electron chi connectivity index (χ0n) is 10.2. The van der Waals surface area contributed by atoms with Crippen molar-refractivity contribution in [2.75, 3.05) is 0 Å². The Morgan fingerprint density at radius 2 is 2.19 bits per heavy atom. The van der Waals surface area contributed by atoms with Crippen LogP contribution >= 0.6 is 27.3 Å². The second-order valence-electron chi connectivity index (χ2n) is 4.37. The molecule has 0 spiro atoms. The van der Waals surface area contributed by atoms with Gasteiger partial charge in [-0.3, -0.25) is 0 Å². The molecule has 0 aromatic carbocycles. The fourth-order valence-corrected chi connectivity index (χ4v) is 3.63. The summed E-state index contributed by atoms with van der Waals surface area (Å²) >= 11 is 5.38. The molecule has 0 aliphatic rings. The van der Waals surface area contributed by atoms with Gasteiger partial charge in [-0.05, 0) is 46.1 Å². The lowest BCUT2D eigenvalue weighted by Gasteiger charge is -2.22. The Labute approximate surface area is 112 Å². The largest absolute Gasteiger partial charge is 0.327 e. The van der Waals surface area contributed by atoms with Gasteiger partial charge < -0.3 is 5.73 Å². The highest BCUT2D eigenvalue weighted by Crippen LogP contribution is 2.26. The summed E-state index contributed by atoms with van der Waals surface area (Å²) in [6.07, 6.45) is 6.06. The van der Waals surface area contributed by atoms with Gasteiger partial charge in [-0.2, -0.15) is 0 Å². The van der Waals surface area contributed by atoms with Crippen LogP contribution in [0.4, 0.5) is 0 Å². The lowest BCUT2D eigenvalue weighted by Crippen LogP contribution is -2.31. The van der Waals surface area contributed by atoms with Gasteiger partial charge in [0.25, 0.3) is 0 Å². The molecule has 16 heavy (non-hydrogen) atoms. The van der Waals surface area contributed by atoms with E-state index in [0.717, 1.165) is 6.42 Å². The Balaban J connectivity index is 2.49. The normalized spacial score (nSPS) is 15.0. The van der Waals surface area contributed by atoms with Crippen LogP contribution in [0.5, 0.6) is 0 Å². The van der Waals surface area contributed by atoms with E-state index in [1.165, 1.54) is 35.0 Å². The highest BCUT2D eigenvalue weighted by molar-refractivity contribution is 9.10. The van der Waals surface area contributed by atoms with Crippen molar-refractivity contribution >= 4 is 27.3 Å². The first-order chi connectivity index (χ1) is 7.69. The van der Waals surface area contributed by atoms with E-state index in [0.29, 0.717) is 12.0 Å². The van der Waals surface area contributed by atoms with Crippen LogP contribution in [0, 0.1) is 5.92 Å². The van der Waals surface area contributed by atoms with Gasteiger partial charge in [-0.25, -0.2) is 0 Å². The molecule has 0 saturated heterocycles. The van der Waals surface area contributed by atoms with Gasteiger partial charge in [0.15, 0.2) is 0 Å². The Morgan fingerprint density at radius 3 is 2.69 bits per heavy atom. The van der Waals surface area contributed by atoms with E-state index >= 15 is 0 Å². The van der Waals surface area contributed by atoms with Crippen molar-refractivity contribution in [1.82, 2.24) is 0 Å². The first-order valence-electron chi connectivity index (χ1n) is 6.16. The predicted octanol–water partition coefficient (Wildman–Crippen LogP) is 4.60. The van der Waals surface area contributed by atoms with Crippen molar-refractivity contribution in [3.05, 3.63) is 20.8 Å². The molecule has 3 heteroatoms. The molecule has 2 atom stereocenters. The minimum Gasteiger partial charge on any atom is -0.327 e. The van der Waals surface area contributed by atoms with Crippen LogP contribution in [0.25, 0.3) is 0 Å². The van der Waals surface area contributed by atoms with Gasteiger partial charge >= 0.3 is 0 Å². The average Bonchev–Trinajstić information content (AvgIpc) is 2.65.